The highest BCUT2D eigenvalue weighted by Crippen LogP contribution is 2.27. The van der Waals surface area contributed by atoms with Crippen LogP contribution in [0, 0.1) is 0 Å². The molecule has 0 heterocycles. The van der Waals surface area contributed by atoms with E-state index in [9.17, 15) is 4.39 Å². The van der Waals surface area contributed by atoms with Gasteiger partial charge in [0.15, 0.2) is 0 Å². The number of hydrogen-bond acceptors (Lipinski definition) is 1. The molecule has 0 aliphatic heterocycles. The third-order valence-corrected chi connectivity index (χ3v) is 2.50. The van der Waals surface area contributed by atoms with Crippen LogP contribution >= 0.6 is 15.9 Å². The van der Waals surface area contributed by atoms with Crippen LogP contribution < -0.4 is 5.73 Å². The van der Waals surface area contributed by atoms with Crippen LogP contribution in [0.15, 0.2) is 28.7 Å². The molecule has 13 heavy (non-hydrogen) atoms. The van der Waals surface area contributed by atoms with E-state index in [1.54, 1.807) is 0 Å². The van der Waals surface area contributed by atoms with Crippen molar-refractivity contribution in [3.05, 3.63) is 34.3 Å². The third kappa shape index (κ3) is 2.78. The van der Waals surface area contributed by atoms with Gasteiger partial charge in [0.25, 0.3) is 0 Å². The van der Waals surface area contributed by atoms with Gasteiger partial charge in [0, 0.05) is 4.47 Å². The second-order valence-corrected chi connectivity index (χ2v) is 4.51. The van der Waals surface area contributed by atoms with E-state index in [-0.39, 0.29) is 0 Å². The van der Waals surface area contributed by atoms with Gasteiger partial charge in [-0.2, -0.15) is 0 Å². The lowest BCUT2D eigenvalue weighted by Crippen LogP contribution is -2.30. The molecule has 0 fully saturated rings. The highest BCUT2D eigenvalue weighted by atomic mass is 79.9. The molecule has 0 spiro atoms. The Morgan fingerprint density at radius 3 is 2.15 bits per heavy atom. The molecule has 1 aromatic carbocycles. The van der Waals surface area contributed by atoms with E-state index < -0.39 is 11.7 Å². The molecule has 1 nitrogen and oxygen atoms in total. The van der Waals surface area contributed by atoms with Crippen molar-refractivity contribution in [2.24, 2.45) is 5.73 Å². The van der Waals surface area contributed by atoms with Gasteiger partial charge in [-0.15, -0.1) is 0 Å². The van der Waals surface area contributed by atoms with Gasteiger partial charge in [0.2, 0.25) is 0 Å². The molecule has 3 heteroatoms. The maximum Gasteiger partial charge on any atom is 0.124 e. The SMILES string of the molecule is CC(C)(F)C(N)c1ccc(Br)cc1. The number of benzene rings is 1. The lowest BCUT2D eigenvalue weighted by molar-refractivity contribution is 0.174. The topological polar surface area (TPSA) is 26.0 Å². The minimum Gasteiger partial charge on any atom is -0.321 e. The molecule has 0 radical (unpaired) electrons. The Morgan fingerprint density at radius 1 is 1.31 bits per heavy atom. The van der Waals surface area contributed by atoms with Crippen LogP contribution in [-0.4, -0.2) is 5.67 Å². The summed E-state index contributed by atoms with van der Waals surface area (Å²) in [6.45, 7) is 2.97. The zero-order valence-corrected chi connectivity index (χ0v) is 9.31. The third-order valence-electron chi connectivity index (χ3n) is 1.97. The Bertz CT molecular complexity index is 276. The molecule has 0 aromatic heterocycles. The Hall–Kier alpha value is -0.410. The maximum absolute atomic E-state index is 13.4. The summed E-state index contributed by atoms with van der Waals surface area (Å²) in [5, 5.41) is 0. The van der Waals surface area contributed by atoms with Gasteiger partial charge >= 0.3 is 0 Å². The van der Waals surface area contributed by atoms with Crippen LogP contribution in [0.25, 0.3) is 0 Å². The van der Waals surface area contributed by atoms with Crippen LogP contribution in [0.2, 0.25) is 0 Å². The van der Waals surface area contributed by atoms with Crippen LogP contribution in [0.5, 0.6) is 0 Å². The minimum absolute atomic E-state index is 0.569. The molecule has 1 unspecified atom stereocenters. The van der Waals surface area contributed by atoms with Gasteiger partial charge in [-0.3, -0.25) is 0 Å². The summed E-state index contributed by atoms with van der Waals surface area (Å²) in [4.78, 5) is 0. The molecule has 0 bridgehead atoms. The van der Waals surface area contributed by atoms with Crippen molar-refractivity contribution in [2.75, 3.05) is 0 Å². The van der Waals surface area contributed by atoms with E-state index >= 15 is 0 Å². The quantitative estimate of drug-likeness (QED) is 0.851. The van der Waals surface area contributed by atoms with Crippen LogP contribution in [0.1, 0.15) is 25.5 Å². The summed E-state index contributed by atoms with van der Waals surface area (Å²) in [5.74, 6) is 0. The average Bonchev–Trinajstić information content (AvgIpc) is 2.03. The van der Waals surface area contributed by atoms with E-state index in [1.807, 2.05) is 24.3 Å². The van der Waals surface area contributed by atoms with E-state index in [4.69, 9.17) is 5.73 Å². The van der Waals surface area contributed by atoms with Crippen molar-refractivity contribution in [3.63, 3.8) is 0 Å². The largest absolute Gasteiger partial charge is 0.321 e. The van der Waals surface area contributed by atoms with Gasteiger partial charge in [-0.05, 0) is 31.5 Å². The molecule has 0 aliphatic rings. The van der Waals surface area contributed by atoms with Gasteiger partial charge in [0.05, 0.1) is 6.04 Å². The monoisotopic (exact) mass is 245 g/mol. The summed E-state index contributed by atoms with van der Waals surface area (Å²) in [6, 6.07) is 6.81. The Kier molecular flexibility index (Phi) is 3.09. The molecule has 1 rings (SSSR count). The normalized spacial score (nSPS) is 14.2. The van der Waals surface area contributed by atoms with E-state index in [0.717, 1.165) is 10.0 Å². The van der Waals surface area contributed by atoms with Crippen molar-refractivity contribution in [3.8, 4) is 0 Å². The number of rotatable bonds is 2. The first-order valence-electron chi connectivity index (χ1n) is 4.11. The fourth-order valence-electron chi connectivity index (χ4n) is 1.07. The van der Waals surface area contributed by atoms with Gasteiger partial charge in [-0.1, -0.05) is 28.1 Å². The van der Waals surface area contributed by atoms with Gasteiger partial charge in [-0.25, -0.2) is 4.39 Å². The summed E-state index contributed by atoms with van der Waals surface area (Å²) in [7, 11) is 0. The first-order chi connectivity index (χ1) is 5.91. The standard InChI is InChI=1S/C10H13BrFN/c1-10(2,12)9(13)7-3-5-8(11)6-4-7/h3-6,9H,13H2,1-2H3. The predicted octanol–water partition coefficient (Wildman–Crippen LogP) is 3.20. The Labute approximate surface area is 86.3 Å². The molecule has 72 valence electrons. The number of nitrogens with two attached hydrogens (primary N) is 1. The summed E-state index contributed by atoms with van der Waals surface area (Å²) < 4.78 is 14.4. The number of alkyl halides is 1. The minimum atomic E-state index is -1.38. The Balaban J connectivity index is 2.90. The average molecular weight is 246 g/mol. The van der Waals surface area contributed by atoms with Gasteiger partial charge in [0.1, 0.15) is 5.67 Å². The van der Waals surface area contributed by atoms with Crippen molar-refractivity contribution in [1.29, 1.82) is 0 Å². The molecular weight excluding hydrogens is 233 g/mol. The van der Waals surface area contributed by atoms with E-state index in [1.165, 1.54) is 13.8 Å². The summed E-state index contributed by atoms with van der Waals surface area (Å²) >= 11 is 3.31. The smallest absolute Gasteiger partial charge is 0.124 e. The van der Waals surface area contributed by atoms with Crippen molar-refractivity contribution >= 4 is 15.9 Å². The zero-order chi connectivity index (χ0) is 10.1. The molecular formula is C10H13BrFN. The van der Waals surface area contributed by atoms with Crippen molar-refractivity contribution in [2.45, 2.75) is 25.6 Å². The molecule has 0 aliphatic carbocycles. The number of hydrogen-bond donors (Lipinski definition) is 1. The van der Waals surface area contributed by atoms with Crippen LogP contribution in [0.4, 0.5) is 4.39 Å². The second kappa shape index (κ2) is 3.76. The summed E-state index contributed by atoms with van der Waals surface area (Å²) in [6.07, 6.45) is 0. The first kappa shape index (κ1) is 10.7. The van der Waals surface area contributed by atoms with Crippen molar-refractivity contribution in [1.82, 2.24) is 0 Å². The van der Waals surface area contributed by atoms with Crippen LogP contribution in [-0.2, 0) is 0 Å². The molecule has 0 saturated carbocycles. The first-order valence-corrected chi connectivity index (χ1v) is 4.90. The second-order valence-electron chi connectivity index (χ2n) is 3.59. The lowest BCUT2D eigenvalue weighted by Gasteiger charge is -2.23. The van der Waals surface area contributed by atoms with E-state index in [0.29, 0.717) is 0 Å². The molecule has 1 atom stereocenters. The Morgan fingerprint density at radius 2 is 1.77 bits per heavy atom. The molecule has 1 aromatic rings. The molecule has 0 amide bonds. The lowest BCUT2D eigenvalue weighted by atomic mass is 9.94. The van der Waals surface area contributed by atoms with E-state index in [2.05, 4.69) is 15.9 Å². The van der Waals surface area contributed by atoms with Crippen LogP contribution in [0.3, 0.4) is 0 Å². The number of halogens is 2. The fourth-order valence-corrected chi connectivity index (χ4v) is 1.33. The maximum atomic E-state index is 13.4. The van der Waals surface area contributed by atoms with Crippen molar-refractivity contribution < 1.29 is 4.39 Å². The van der Waals surface area contributed by atoms with Gasteiger partial charge < -0.3 is 5.73 Å². The molecule has 2 N–H and O–H groups in total. The summed E-state index contributed by atoms with van der Waals surface area (Å²) in [5.41, 5.74) is 5.17. The highest BCUT2D eigenvalue weighted by molar-refractivity contribution is 9.10. The highest BCUT2D eigenvalue weighted by Gasteiger charge is 2.26. The zero-order valence-electron chi connectivity index (χ0n) is 7.72. The molecule has 0 saturated heterocycles. The predicted molar refractivity (Wildman–Crippen MR) is 56.3 cm³/mol. The fraction of sp³-hybridized carbons (Fsp3) is 0.400.